The molecular formula is C17H22F4N2O2. The quantitative estimate of drug-likeness (QED) is 0.771. The van der Waals surface area contributed by atoms with Gasteiger partial charge in [0.15, 0.2) is 0 Å². The third-order valence-electron chi connectivity index (χ3n) is 4.03. The summed E-state index contributed by atoms with van der Waals surface area (Å²) >= 11 is 0. The van der Waals surface area contributed by atoms with E-state index in [1.54, 1.807) is 20.8 Å². The van der Waals surface area contributed by atoms with E-state index >= 15 is 0 Å². The predicted molar refractivity (Wildman–Crippen MR) is 84.5 cm³/mol. The van der Waals surface area contributed by atoms with Crippen LogP contribution in [0.15, 0.2) is 18.2 Å². The summed E-state index contributed by atoms with van der Waals surface area (Å²) in [4.78, 5) is 13.5. The highest BCUT2D eigenvalue weighted by Gasteiger charge is 2.37. The first-order valence-electron chi connectivity index (χ1n) is 7.98. The van der Waals surface area contributed by atoms with E-state index in [4.69, 9.17) is 10.5 Å². The molecule has 0 saturated carbocycles. The van der Waals surface area contributed by atoms with Crippen LogP contribution in [0, 0.1) is 5.82 Å². The van der Waals surface area contributed by atoms with Gasteiger partial charge in [-0.05, 0) is 44.9 Å². The second-order valence-corrected chi connectivity index (χ2v) is 7.22. The molecule has 2 N–H and O–H groups in total. The van der Waals surface area contributed by atoms with Crippen LogP contribution in [0.2, 0.25) is 0 Å². The Kier molecular flexibility index (Phi) is 5.32. The largest absolute Gasteiger partial charge is 0.444 e. The van der Waals surface area contributed by atoms with Gasteiger partial charge in [0.25, 0.3) is 0 Å². The summed E-state index contributed by atoms with van der Waals surface area (Å²) in [6.45, 7) is 5.71. The Bertz CT molecular complexity index is 641. The first kappa shape index (κ1) is 19.5. The maximum absolute atomic E-state index is 13.4. The van der Waals surface area contributed by atoms with Crippen molar-refractivity contribution in [1.29, 1.82) is 0 Å². The minimum atomic E-state index is -4.76. The fourth-order valence-electron chi connectivity index (χ4n) is 2.88. The van der Waals surface area contributed by atoms with Crippen LogP contribution in [0.3, 0.4) is 0 Å². The Morgan fingerprint density at radius 3 is 2.44 bits per heavy atom. The van der Waals surface area contributed by atoms with Crippen molar-refractivity contribution >= 4 is 6.09 Å². The molecule has 1 aliphatic heterocycles. The van der Waals surface area contributed by atoms with E-state index in [2.05, 4.69) is 0 Å². The number of carbonyl (C=O) groups excluding carboxylic acids is 1. The topological polar surface area (TPSA) is 55.6 Å². The second kappa shape index (κ2) is 6.82. The monoisotopic (exact) mass is 362 g/mol. The van der Waals surface area contributed by atoms with Crippen molar-refractivity contribution < 1.29 is 27.1 Å². The summed E-state index contributed by atoms with van der Waals surface area (Å²) in [5, 5.41) is 0. The van der Waals surface area contributed by atoms with Gasteiger partial charge in [-0.25, -0.2) is 9.18 Å². The molecule has 1 fully saturated rings. The van der Waals surface area contributed by atoms with Gasteiger partial charge in [-0.2, -0.15) is 13.2 Å². The molecule has 0 aromatic heterocycles. The van der Waals surface area contributed by atoms with Crippen molar-refractivity contribution in [2.24, 2.45) is 5.73 Å². The Labute approximate surface area is 143 Å². The molecule has 8 heteroatoms. The van der Waals surface area contributed by atoms with Gasteiger partial charge in [0, 0.05) is 25.0 Å². The Morgan fingerprint density at radius 2 is 1.92 bits per heavy atom. The smallest absolute Gasteiger partial charge is 0.419 e. The Balaban J connectivity index is 2.13. The summed E-state index contributed by atoms with van der Waals surface area (Å²) < 4.78 is 57.3. The van der Waals surface area contributed by atoms with Crippen LogP contribution in [0.1, 0.15) is 44.2 Å². The maximum atomic E-state index is 13.4. The molecule has 2 unspecified atom stereocenters. The molecule has 1 heterocycles. The number of likely N-dealkylation sites (tertiary alicyclic amines) is 1. The lowest BCUT2D eigenvalue weighted by molar-refractivity contribution is -0.140. The number of amides is 1. The van der Waals surface area contributed by atoms with E-state index in [1.807, 2.05) is 0 Å². The zero-order valence-electron chi connectivity index (χ0n) is 14.4. The van der Waals surface area contributed by atoms with Crippen LogP contribution >= 0.6 is 0 Å². The molecular weight excluding hydrogens is 340 g/mol. The number of carbonyl (C=O) groups is 1. The molecule has 2 atom stereocenters. The highest BCUT2D eigenvalue weighted by Crippen LogP contribution is 2.35. The standard InChI is InChI=1S/C17H22F4N2O2/c1-16(2,3)25-15(24)23-7-6-11(14(22)9-23)10-4-5-13(18)12(8-10)17(19,20)21/h4-5,8,11,14H,6-7,9,22H2,1-3H3. The van der Waals surface area contributed by atoms with Gasteiger partial charge in [-0.15, -0.1) is 0 Å². The summed E-state index contributed by atoms with van der Waals surface area (Å²) in [5.41, 5.74) is 4.46. The molecule has 4 nitrogen and oxygen atoms in total. The fourth-order valence-corrected chi connectivity index (χ4v) is 2.88. The Hall–Kier alpha value is -1.83. The number of nitrogens with two attached hydrogens (primary N) is 1. The van der Waals surface area contributed by atoms with Crippen LogP contribution in [0.4, 0.5) is 22.4 Å². The van der Waals surface area contributed by atoms with Gasteiger partial charge in [-0.3, -0.25) is 0 Å². The van der Waals surface area contributed by atoms with Crippen molar-refractivity contribution in [3.05, 3.63) is 35.1 Å². The lowest BCUT2D eigenvalue weighted by Crippen LogP contribution is -2.50. The molecule has 1 aromatic carbocycles. The van der Waals surface area contributed by atoms with Crippen LogP contribution < -0.4 is 5.73 Å². The van der Waals surface area contributed by atoms with Crippen molar-refractivity contribution in [3.63, 3.8) is 0 Å². The summed E-state index contributed by atoms with van der Waals surface area (Å²) in [7, 11) is 0. The number of halogens is 4. The van der Waals surface area contributed by atoms with Gasteiger partial charge < -0.3 is 15.4 Å². The predicted octanol–water partition coefficient (Wildman–Crippen LogP) is 3.90. The van der Waals surface area contributed by atoms with E-state index in [9.17, 15) is 22.4 Å². The van der Waals surface area contributed by atoms with Gasteiger partial charge >= 0.3 is 12.3 Å². The molecule has 140 valence electrons. The number of benzene rings is 1. The molecule has 0 bridgehead atoms. The van der Waals surface area contributed by atoms with Crippen molar-refractivity contribution in [2.75, 3.05) is 13.1 Å². The van der Waals surface area contributed by atoms with Gasteiger partial charge in [0.2, 0.25) is 0 Å². The molecule has 1 aromatic rings. The number of nitrogens with zero attached hydrogens (tertiary/aromatic N) is 1. The average Bonchev–Trinajstić information content (AvgIpc) is 2.45. The van der Waals surface area contributed by atoms with E-state index in [-0.39, 0.29) is 12.5 Å². The average molecular weight is 362 g/mol. The fraction of sp³-hybridized carbons (Fsp3) is 0.588. The first-order valence-corrected chi connectivity index (χ1v) is 7.98. The molecule has 0 aliphatic carbocycles. The summed E-state index contributed by atoms with van der Waals surface area (Å²) in [6.07, 6.45) is -4.89. The molecule has 1 saturated heterocycles. The van der Waals surface area contributed by atoms with Crippen LogP contribution in [-0.4, -0.2) is 35.7 Å². The number of rotatable bonds is 1. The number of ether oxygens (including phenoxy) is 1. The van der Waals surface area contributed by atoms with Crippen molar-refractivity contribution in [1.82, 2.24) is 4.90 Å². The molecule has 1 amide bonds. The first-order chi connectivity index (χ1) is 11.4. The molecule has 0 spiro atoms. The summed E-state index contributed by atoms with van der Waals surface area (Å²) in [6, 6.07) is 2.37. The second-order valence-electron chi connectivity index (χ2n) is 7.22. The lowest BCUT2D eigenvalue weighted by Gasteiger charge is -2.37. The normalized spacial score (nSPS) is 22.0. The zero-order chi connectivity index (χ0) is 19.0. The molecule has 2 rings (SSSR count). The minimum Gasteiger partial charge on any atom is -0.444 e. The number of alkyl halides is 3. The highest BCUT2D eigenvalue weighted by molar-refractivity contribution is 5.68. The van der Waals surface area contributed by atoms with E-state index in [0.29, 0.717) is 18.5 Å². The molecule has 1 aliphatic rings. The van der Waals surface area contributed by atoms with E-state index in [1.165, 1.54) is 11.0 Å². The third-order valence-corrected chi connectivity index (χ3v) is 4.03. The third kappa shape index (κ3) is 4.84. The molecule has 0 radical (unpaired) electrons. The number of hydrogen-bond acceptors (Lipinski definition) is 3. The SMILES string of the molecule is CC(C)(C)OC(=O)N1CCC(c2ccc(F)c(C(F)(F)F)c2)C(N)C1. The van der Waals surface area contributed by atoms with E-state index < -0.39 is 35.3 Å². The van der Waals surface area contributed by atoms with Crippen LogP contribution in [0.5, 0.6) is 0 Å². The highest BCUT2D eigenvalue weighted by atomic mass is 19.4. The summed E-state index contributed by atoms with van der Waals surface area (Å²) in [5.74, 6) is -1.70. The van der Waals surface area contributed by atoms with Gasteiger partial charge in [0.05, 0.1) is 5.56 Å². The zero-order valence-corrected chi connectivity index (χ0v) is 14.4. The number of piperidine rings is 1. The van der Waals surface area contributed by atoms with E-state index in [0.717, 1.165) is 12.1 Å². The van der Waals surface area contributed by atoms with Crippen LogP contribution in [0.25, 0.3) is 0 Å². The molecule has 25 heavy (non-hydrogen) atoms. The lowest BCUT2D eigenvalue weighted by atomic mass is 9.85. The number of hydrogen-bond donors (Lipinski definition) is 1. The Morgan fingerprint density at radius 1 is 1.28 bits per heavy atom. The minimum absolute atomic E-state index is 0.165. The van der Waals surface area contributed by atoms with Crippen molar-refractivity contribution in [2.45, 2.75) is 50.9 Å². The van der Waals surface area contributed by atoms with Crippen molar-refractivity contribution in [3.8, 4) is 0 Å². The maximum Gasteiger partial charge on any atom is 0.419 e. The van der Waals surface area contributed by atoms with Gasteiger partial charge in [0.1, 0.15) is 11.4 Å². The van der Waals surface area contributed by atoms with Crippen LogP contribution in [-0.2, 0) is 10.9 Å². The van der Waals surface area contributed by atoms with Gasteiger partial charge in [-0.1, -0.05) is 6.07 Å².